The summed E-state index contributed by atoms with van der Waals surface area (Å²) in [4.78, 5) is 26.6. The molecular weight excluding hydrogens is 394 g/mol. The number of nitrogens with one attached hydrogen (secondary N) is 2. The van der Waals surface area contributed by atoms with Crippen molar-refractivity contribution in [3.05, 3.63) is 83.8 Å². The van der Waals surface area contributed by atoms with E-state index in [1.165, 1.54) is 0 Å². The molecule has 0 atom stereocenters. The fourth-order valence-corrected chi connectivity index (χ4v) is 3.26. The number of para-hydroxylation sites is 2. The Morgan fingerprint density at radius 3 is 2.39 bits per heavy atom. The highest BCUT2D eigenvalue weighted by Crippen LogP contribution is 2.19. The zero-order chi connectivity index (χ0) is 22.1. The standard InChI is InChI=1S/C24H27N3O4/c1-2-18-8-3-5-11-21(18)26-23(29)14-25-24(30)17-27(16-20-10-7-13-31-20)15-19-9-4-6-12-22(19)28/h3-13,28H,2,14-17H2,1H3,(H,25,30)(H,26,29). The Kier molecular flexibility index (Phi) is 7.84. The Balaban J connectivity index is 1.56. The molecule has 31 heavy (non-hydrogen) atoms. The van der Waals surface area contributed by atoms with Crippen molar-refractivity contribution >= 4 is 17.5 Å². The molecule has 3 N–H and O–H groups in total. The number of nitrogens with zero attached hydrogens (tertiary/aromatic N) is 1. The summed E-state index contributed by atoms with van der Waals surface area (Å²) in [5.41, 5.74) is 2.49. The third kappa shape index (κ3) is 6.72. The summed E-state index contributed by atoms with van der Waals surface area (Å²) in [6.45, 7) is 2.70. The minimum atomic E-state index is -0.291. The fourth-order valence-electron chi connectivity index (χ4n) is 3.26. The maximum atomic E-state index is 12.5. The highest BCUT2D eigenvalue weighted by molar-refractivity contribution is 5.95. The monoisotopic (exact) mass is 421 g/mol. The Morgan fingerprint density at radius 1 is 0.935 bits per heavy atom. The first-order valence-electron chi connectivity index (χ1n) is 10.2. The van der Waals surface area contributed by atoms with Gasteiger partial charge in [-0.3, -0.25) is 14.5 Å². The van der Waals surface area contributed by atoms with Crippen LogP contribution in [0, 0.1) is 0 Å². The zero-order valence-electron chi connectivity index (χ0n) is 17.5. The summed E-state index contributed by atoms with van der Waals surface area (Å²) < 4.78 is 5.40. The molecule has 3 rings (SSSR count). The lowest BCUT2D eigenvalue weighted by molar-refractivity contribution is -0.125. The average molecular weight is 421 g/mol. The topological polar surface area (TPSA) is 94.8 Å². The van der Waals surface area contributed by atoms with Crippen LogP contribution < -0.4 is 10.6 Å². The molecule has 0 saturated carbocycles. The van der Waals surface area contributed by atoms with Crippen LogP contribution >= 0.6 is 0 Å². The lowest BCUT2D eigenvalue weighted by Crippen LogP contribution is -2.40. The fraction of sp³-hybridized carbons (Fsp3) is 0.250. The van der Waals surface area contributed by atoms with Gasteiger partial charge in [-0.1, -0.05) is 43.3 Å². The van der Waals surface area contributed by atoms with Gasteiger partial charge in [-0.2, -0.15) is 0 Å². The van der Waals surface area contributed by atoms with Crippen LogP contribution in [0.25, 0.3) is 0 Å². The van der Waals surface area contributed by atoms with Crippen LogP contribution in [0.4, 0.5) is 5.69 Å². The Morgan fingerprint density at radius 2 is 1.68 bits per heavy atom. The van der Waals surface area contributed by atoms with Crippen molar-refractivity contribution in [2.75, 3.05) is 18.4 Å². The molecule has 7 nitrogen and oxygen atoms in total. The van der Waals surface area contributed by atoms with Crippen molar-refractivity contribution in [2.45, 2.75) is 26.4 Å². The van der Waals surface area contributed by atoms with Crippen molar-refractivity contribution in [3.63, 3.8) is 0 Å². The molecule has 2 amide bonds. The number of phenols is 1. The number of benzene rings is 2. The average Bonchev–Trinajstić information content (AvgIpc) is 3.27. The predicted octanol–water partition coefficient (Wildman–Crippen LogP) is 3.30. The number of rotatable bonds is 10. The number of furan rings is 1. The predicted molar refractivity (Wildman–Crippen MR) is 118 cm³/mol. The normalized spacial score (nSPS) is 10.8. The molecule has 0 aliphatic carbocycles. The second-order valence-electron chi connectivity index (χ2n) is 7.19. The van der Waals surface area contributed by atoms with Gasteiger partial charge >= 0.3 is 0 Å². The summed E-state index contributed by atoms with van der Waals surface area (Å²) in [6, 6.07) is 18.2. The van der Waals surface area contributed by atoms with Crippen LogP contribution in [-0.2, 0) is 29.1 Å². The molecule has 0 radical (unpaired) electrons. The highest BCUT2D eigenvalue weighted by Gasteiger charge is 2.16. The molecule has 7 heteroatoms. The summed E-state index contributed by atoms with van der Waals surface area (Å²) in [5.74, 6) is 0.298. The summed E-state index contributed by atoms with van der Waals surface area (Å²) in [5, 5.41) is 15.6. The number of hydrogen-bond donors (Lipinski definition) is 3. The molecule has 0 aliphatic heterocycles. The zero-order valence-corrected chi connectivity index (χ0v) is 17.5. The number of amides is 2. The Hall–Kier alpha value is -3.58. The van der Waals surface area contributed by atoms with E-state index in [0.717, 1.165) is 17.7 Å². The van der Waals surface area contributed by atoms with Gasteiger partial charge in [0.2, 0.25) is 11.8 Å². The van der Waals surface area contributed by atoms with Crippen LogP contribution in [0.1, 0.15) is 23.8 Å². The van der Waals surface area contributed by atoms with E-state index in [9.17, 15) is 14.7 Å². The van der Waals surface area contributed by atoms with E-state index in [1.807, 2.05) is 48.2 Å². The summed E-state index contributed by atoms with van der Waals surface area (Å²) >= 11 is 0. The minimum absolute atomic E-state index is 0.0495. The van der Waals surface area contributed by atoms with Gasteiger partial charge in [0, 0.05) is 17.8 Å². The van der Waals surface area contributed by atoms with E-state index in [-0.39, 0.29) is 30.7 Å². The molecule has 0 spiro atoms. The van der Waals surface area contributed by atoms with E-state index in [4.69, 9.17) is 4.42 Å². The molecule has 0 saturated heterocycles. The van der Waals surface area contributed by atoms with Gasteiger partial charge < -0.3 is 20.2 Å². The van der Waals surface area contributed by atoms with E-state index >= 15 is 0 Å². The lowest BCUT2D eigenvalue weighted by atomic mass is 10.1. The van der Waals surface area contributed by atoms with Gasteiger partial charge in [-0.25, -0.2) is 0 Å². The van der Waals surface area contributed by atoms with Gasteiger partial charge in [0.15, 0.2) is 0 Å². The summed E-state index contributed by atoms with van der Waals surface area (Å²) in [6.07, 6.45) is 2.38. The SMILES string of the molecule is CCc1ccccc1NC(=O)CNC(=O)CN(Cc1ccco1)Cc1ccccc1O. The van der Waals surface area contributed by atoms with E-state index in [2.05, 4.69) is 10.6 Å². The van der Waals surface area contributed by atoms with Crippen LogP contribution in [0.5, 0.6) is 5.75 Å². The number of carbonyl (C=O) groups is 2. The van der Waals surface area contributed by atoms with Crippen molar-refractivity contribution in [1.82, 2.24) is 10.2 Å². The van der Waals surface area contributed by atoms with Crippen molar-refractivity contribution < 1.29 is 19.1 Å². The molecule has 0 bridgehead atoms. The van der Waals surface area contributed by atoms with Gasteiger partial charge in [-0.05, 0) is 36.2 Å². The highest BCUT2D eigenvalue weighted by atomic mass is 16.3. The number of phenolic OH excluding ortho intramolecular Hbond substituents is 1. The second-order valence-corrected chi connectivity index (χ2v) is 7.19. The number of aryl methyl sites for hydroxylation is 1. The molecule has 2 aromatic carbocycles. The van der Waals surface area contributed by atoms with E-state index in [0.29, 0.717) is 24.4 Å². The molecule has 1 aromatic heterocycles. The summed E-state index contributed by atoms with van der Waals surface area (Å²) in [7, 11) is 0. The quantitative estimate of drug-likeness (QED) is 0.467. The minimum Gasteiger partial charge on any atom is -0.508 e. The van der Waals surface area contributed by atoms with Crippen LogP contribution in [0.2, 0.25) is 0 Å². The molecule has 162 valence electrons. The maximum Gasteiger partial charge on any atom is 0.243 e. The third-order valence-electron chi connectivity index (χ3n) is 4.83. The van der Waals surface area contributed by atoms with Gasteiger partial charge in [0.1, 0.15) is 11.5 Å². The van der Waals surface area contributed by atoms with Crippen LogP contribution in [-0.4, -0.2) is 34.9 Å². The largest absolute Gasteiger partial charge is 0.508 e. The lowest BCUT2D eigenvalue weighted by Gasteiger charge is -2.21. The number of aromatic hydroxyl groups is 1. The number of carbonyl (C=O) groups excluding carboxylic acids is 2. The molecule has 0 fully saturated rings. The van der Waals surface area contributed by atoms with Crippen LogP contribution in [0.3, 0.4) is 0 Å². The van der Waals surface area contributed by atoms with Gasteiger partial charge in [-0.15, -0.1) is 0 Å². The first kappa shape index (κ1) is 22.1. The van der Waals surface area contributed by atoms with E-state index in [1.54, 1.807) is 30.5 Å². The molecule has 0 unspecified atom stereocenters. The number of anilines is 1. The first-order valence-corrected chi connectivity index (χ1v) is 10.2. The maximum absolute atomic E-state index is 12.5. The smallest absolute Gasteiger partial charge is 0.243 e. The Labute approximate surface area is 181 Å². The Bertz CT molecular complexity index is 1000. The van der Waals surface area contributed by atoms with Gasteiger partial charge in [0.25, 0.3) is 0 Å². The van der Waals surface area contributed by atoms with Crippen LogP contribution in [0.15, 0.2) is 71.3 Å². The molecular formula is C24H27N3O4. The second kappa shape index (κ2) is 11.0. The van der Waals surface area contributed by atoms with Crippen molar-refractivity contribution in [1.29, 1.82) is 0 Å². The van der Waals surface area contributed by atoms with Crippen molar-refractivity contribution in [2.24, 2.45) is 0 Å². The first-order chi connectivity index (χ1) is 15.0. The van der Waals surface area contributed by atoms with E-state index < -0.39 is 0 Å². The molecule has 3 aromatic rings. The molecule has 0 aliphatic rings. The third-order valence-corrected chi connectivity index (χ3v) is 4.83. The van der Waals surface area contributed by atoms with Crippen molar-refractivity contribution in [3.8, 4) is 5.75 Å². The van der Waals surface area contributed by atoms with Gasteiger partial charge in [0.05, 0.1) is 25.9 Å². The number of hydrogen-bond acceptors (Lipinski definition) is 5. The molecule has 1 heterocycles.